The number of hydrogen-bond donors (Lipinski definition) is 2. The van der Waals surface area contributed by atoms with Crippen LogP contribution < -0.4 is 5.32 Å². The minimum Gasteiger partial charge on any atom is -0.394 e. The number of hydrogen-bond acceptors (Lipinski definition) is 6. The molecule has 0 bridgehead atoms. The number of pyridine rings is 1. The zero-order valence-electron chi connectivity index (χ0n) is 19.0. The molecule has 0 saturated heterocycles. The fourth-order valence-corrected chi connectivity index (χ4v) is 4.28. The van der Waals surface area contributed by atoms with E-state index < -0.39 is 0 Å². The van der Waals surface area contributed by atoms with Gasteiger partial charge in [0.1, 0.15) is 11.6 Å². The quantitative estimate of drug-likeness (QED) is 0.397. The van der Waals surface area contributed by atoms with Crippen molar-refractivity contribution in [3.63, 3.8) is 0 Å². The number of ether oxygens (including phenoxy) is 1. The molecule has 1 aromatic carbocycles. The molecule has 1 atom stereocenters. The number of thioether (sulfide) groups is 1. The summed E-state index contributed by atoms with van der Waals surface area (Å²) < 4.78 is 21.0. The van der Waals surface area contributed by atoms with E-state index in [1.165, 1.54) is 12.1 Å². The summed E-state index contributed by atoms with van der Waals surface area (Å²) in [6.45, 7) is 5.46. The third-order valence-corrected chi connectivity index (χ3v) is 5.79. The normalized spacial score (nSPS) is 12.3. The average Bonchev–Trinajstić information content (AvgIpc) is 3.16. The van der Waals surface area contributed by atoms with Gasteiger partial charge < -0.3 is 19.7 Å². The van der Waals surface area contributed by atoms with Crippen LogP contribution in [0.3, 0.4) is 0 Å². The van der Waals surface area contributed by atoms with E-state index >= 15 is 0 Å². The number of anilines is 1. The highest BCUT2D eigenvalue weighted by Gasteiger charge is 2.21. The molecule has 0 aliphatic heterocycles. The summed E-state index contributed by atoms with van der Waals surface area (Å²) in [5, 5.41) is 14.0. The van der Waals surface area contributed by atoms with Gasteiger partial charge >= 0.3 is 0 Å². The summed E-state index contributed by atoms with van der Waals surface area (Å²) in [4.78, 5) is 9.33. The summed E-state index contributed by atoms with van der Waals surface area (Å²) in [5.74, 6) is 0.861. The van der Waals surface area contributed by atoms with Gasteiger partial charge in [0.05, 0.1) is 30.6 Å². The predicted octanol–water partition coefficient (Wildman–Crippen LogP) is 4.94. The average molecular weight is 459 g/mol. The number of rotatable bonds is 11. The molecular weight excluding hydrogens is 427 g/mol. The van der Waals surface area contributed by atoms with Gasteiger partial charge in [0, 0.05) is 31.0 Å². The Kier molecular flexibility index (Phi) is 8.67. The summed E-state index contributed by atoms with van der Waals surface area (Å²) in [5.41, 5.74) is 3.48. The van der Waals surface area contributed by atoms with Gasteiger partial charge in [-0.25, -0.2) is 14.4 Å². The smallest absolute Gasteiger partial charge is 0.168 e. The van der Waals surface area contributed by atoms with E-state index in [2.05, 4.69) is 28.7 Å². The minimum absolute atomic E-state index is 0.0350. The predicted molar refractivity (Wildman–Crippen MR) is 128 cm³/mol. The maximum atomic E-state index is 13.6. The fourth-order valence-electron chi connectivity index (χ4n) is 3.69. The van der Waals surface area contributed by atoms with Crippen LogP contribution in [0.5, 0.6) is 0 Å². The topological polar surface area (TPSA) is 72.2 Å². The van der Waals surface area contributed by atoms with Gasteiger partial charge in [-0.1, -0.05) is 25.6 Å². The second-order valence-electron chi connectivity index (χ2n) is 8.03. The van der Waals surface area contributed by atoms with Gasteiger partial charge in [-0.2, -0.15) is 0 Å². The molecule has 172 valence electrons. The Morgan fingerprint density at radius 3 is 2.56 bits per heavy atom. The number of nitrogens with zero attached hydrogens (tertiary/aromatic N) is 3. The monoisotopic (exact) mass is 458 g/mol. The summed E-state index contributed by atoms with van der Waals surface area (Å²) in [6.07, 6.45) is 4.58. The van der Waals surface area contributed by atoms with Gasteiger partial charge in [0.2, 0.25) is 0 Å². The van der Waals surface area contributed by atoms with Gasteiger partial charge in [-0.3, -0.25) is 0 Å². The molecule has 0 saturated carbocycles. The van der Waals surface area contributed by atoms with Gasteiger partial charge in [-0.05, 0) is 55.0 Å². The molecule has 2 aromatic heterocycles. The van der Waals surface area contributed by atoms with Crippen molar-refractivity contribution in [3.8, 4) is 22.5 Å². The first-order chi connectivity index (χ1) is 15.5. The Hall–Kier alpha value is -2.42. The molecule has 8 heteroatoms. The van der Waals surface area contributed by atoms with E-state index in [0.717, 1.165) is 34.1 Å². The summed E-state index contributed by atoms with van der Waals surface area (Å²) >= 11 is 1.56. The SMILES string of the molecule is COCCn1c(SC)nc(-c2ccc(F)cc2)c1-c1ccnc(NC(CO)CC(C)C)c1. The molecule has 0 spiro atoms. The minimum atomic E-state index is -0.283. The molecule has 3 aromatic rings. The highest BCUT2D eigenvalue weighted by molar-refractivity contribution is 7.98. The second-order valence-corrected chi connectivity index (χ2v) is 8.80. The Balaban J connectivity index is 2.08. The molecule has 0 aliphatic rings. The van der Waals surface area contributed by atoms with Crippen molar-refractivity contribution in [2.75, 3.05) is 31.9 Å². The largest absolute Gasteiger partial charge is 0.394 e. The van der Waals surface area contributed by atoms with Crippen molar-refractivity contribution >= 4 is 17.6 Å². The number of imidazole rings is 1. The van der Waals surface area contributed by atoms with Crippen LogP contribution in [0, 0.1) is 11.7 Å². The maximum Gasteiger partial charge on any atom is 0.168 e. The molecule has 3 rings (SSSR count). The third-order valence-electron chi connectivity index (χ3n) is 5.11. The number of nitrogens with one attached hydrogen (secondary N) is 1. The Bertz CT molecular complexity index is 1010. The molecule has 32 heavy (non-hydrogen) atoms. The van der Waals surface area contributed by atoms with Crippen LogP contribution >= 0.6 is 11.8 Å². The van der Waals surface area contributed by atoms with Gasteiger partial charge in [0.15, 0.2) is 5.16 Å². The number of benzene rings is 1. The lowest BCUT2D eigenvalue weighted by Crippen LogP contribution is -2.26. The number of methoxy groups -OCH3 is 1. The van der Waals surface area contributed by atoms with Crippen molar-refractivity contribution in [2.45, 2.75) is 38.0 Å². The molecule has 1 unspecified atom stereocenters. The molecular formula is C24H31FN4O2S. The van der Waals surface area contributed by atoms with Crippen molar-refractivity contribution in [1.29, 1.82) is 0 Å². The second kappa shape index (κ2) is 11.4. The standard InChI is InChI=1S/C24H31FN4O2S/c1-16(2)13-20(15-30)27-21-14-18(9-10-26-21)23-22(17-5-7-19(25)8-6-17)28-24(32-4)29(23)11-12-31-3/h5-10,14,16,20,30H,11-13,15H2,1-4H3,(H,26,27). The van der Waals surface area contributed by atoms with Crippen molar-refractivity contribution in [3.05, 3.63) is 48.4 Å². The first kappa shape index (κ1) is 24.2. The van der Waals surface area contributed by atoms with Crippen LogP contribution in [-0.4, -0.2) is 52.3 Å². The molecule has 6 nitrogen and oxygen atoms in total. The van der Waals surface area contributed by atoms with Crippen molar-refractivity contribution in [2.24, 2.45) is 5.92 Å². The zero-order valence-corrected chi connectivity index (χ0v) is 19.8. The van der Waals surface area contributed by atoms with Crippen LogP contribution in [0.15, 0.2) is 47.8 Å². The first-order valence-corrected chi connectivity index (χ1v) is 11.9. The first-order valence-electron chi connectivity index (χ1n) is 10.7. The molecule has 0 radical (unpaired) electrons. The number of halogens is 1. The van der Waals surface area contributed by atoms with Crippen LogP contribution in [-0.2, 0) is 11.3 Å². The Morgan fingerprint density at radius 2 is 1.94 bits per heavy atom. The maximum absolute atomic E-state index is 13.6. The lowest BCUT2D eigenvalue weighted by molar-refractivity contribution is 0.185. The van der Waals surface area contributed by atoms with E-state index in [1.54, 1.807) is 37.2 Å². The highest BCUT2D eigenvalue weighted by Crippen LogP contribution is 2.36. The van der Waals surface area contributed by atoms with Gasteiger partial charge in [0.25, 0.3) is 0 Å². The van der Waals surface area contributed by atoms with Crippen LogP contribution in [0.1, 0.15) is 20.3 Å². The van der Waals surface area contributed by atoms with Crippen molar-refractivity contribution < 1.29 is 14.2 Å². The van der Waals surface area contributed by atoms with E-state index in [9.17, 15) is 9.50 Å². The molecule has 0 amide bonds. The lowest BCUT2D eigenvalue weighted by atomic mass is 10.0. The molecule has 0 aliphatic carbocycles. The summed E-state index contributed by atoms with van der Waals surface area (Å²) in [6, 6.07) is 10.2. The number of aliphatic hydroxyl groups is 1. The summed E-state index contributed by atoms with van der Waals surface area (Å²) in [7, 11) is 1.68. The zero-order chi connectivity index (χ0) is 23.1. The van der Waals surface area contributed by atoms with E-state index in [-0.39, 0.29) is 18.5 Å². The highest BCUT2D eigenvalue weighted by atomic mass is 32.2. The molecule has 0 fully saturated rings. The van der Waals surface area contributed by atoms with E-state index in [1.807, 2.05) is 18.4 Å². The van der Waals surface area contributed by atoms with E-state index in [4.69, 9.17) is 9.72 Å². The Labute approximate surface area is 193 Å². The number of aliphatic hydroxyl groups excluding tert-OH is 1. The third kappa shape index (κ3) is 5.88. The van der Waals surface area contributed by atoms with Crippen LogP contribution in [0.25, 0.3) is 22.5 Å². The Morgan fingerprint density at radius 1 is 1.19 bits per heavy atom. The lowest BCUT2D eigenvalue weighted by Gasteiger charge is -2.19. The van der Waals surface area contributed by atoms with E-state index in [0.29, 0.717) is 24.9 Å². The fraction of sp³-hybridized carbons (Fsp3) is 0.417. The van der Waals surface area contributed by atoms with Crippen LogP contribution in [0.4, 0.5) is 10.2 Å². The molecule has 2 N–H and O–H groups in total. The van der Waals surface area contributed by atoms with Crippen LogP contribution in [0.2, 0.25) is 0 Å². The number of aromatic nitrogens is 3. The van der Waals surface area contributed by atoms with Gasteiger partial charge in [-0.15, -0.1) is 0 Å². The molecule has 2 heterocycles. The van der Waals surface area contributed by atoms with Crippen molar-refractivity contribution in [1.82, 2.24) is 14.5 Å².